The standard InChI is InChI=1S/C22H28N2O3/c1-4-14-8-11-18-16(13-20(23-18)21(5-2)27-3)12-19(14)24-22(26)15-6-9-17(25)10-7-15/h6-7,9-10,12-14,21,23,25H,4-5,8,11H2,1-3H3,(H,24,26). The Balaban J connectivity index is 1.88. The zero-order valence-electron chi connectivity index (χ0n) is 16.2. The number of aryl methyl sites for hydroxylation is 1. The fourth-order valence-electron chi connectivity index (χ4n) is 3.70. The van der Waals surface area contributed by atoms with Crippen molar-refractivity contribution in [2.45, 2.75) is 45.6 Å². The second kappa shape index (κ2) is 8.44. The molecule has 0 radical (unpaired) electrons. The molecular formula is C22H28N2O3. The van der Waals surface area contributed by atoms with E-state index in [1.807, 2.05) is 0 Å². The van der Waals surface area contributed by atoms with Crippen LogP contribution >= 0.6 is 0 Å². The Morgan fingerprint density at radius 2 is 2.07 bits per heavy atom. The van der Waals surface area contributed by atoms with Crippen LogP contribution in [-0.4, -0.2) is 23.1 Å². The van der Waals surface area contributed by atoms with Crippen molar-refractivity contribution in [1.29, 1.82) is 0 Å². The fourth-order valence-corrected chi connectivity index (χ4v) is 3.70. The van der Waals surface area contributed by atoms with Crippen molar-refractivity contribution in [2.24, 2.45) is 5.92 Å². The number of hydrogen-bond acceptors (Lipinski definition) is 3. The number of nitrogens with one attached hydrogen (secondary N) is 2. The number of aromatic nitrogens is 1. The lowest BCUT2D eigenvalue weighted by atomic mass is 9.97. The van der Waals surface area contributed by atoms with Gasteiger partial charge in [0.05, 0.1) is 6.10 Å². The molecule has 1 aliphatic rings. The number of phenols is 1. The van der Waals surface area contributed by atoms with Gasteiger partial charge in [0.15, 0.2) is 0 Å². The summed E-state index contributed by atoms with van der Waals surface area (Å²) in [5.74, 6) is 0.307. The third-order valence-corrected chi connectivity index (χ3v) is 5.33. The number of H-pyrrole nitrogens is 1. The molecule has 1 aliphatic carbocycles. The molecule has 2 atom stereocenters. The Labute approximate surface area is 160 Å². The number of benzene rings is 1. The quantitative estimate of drug-likeness (QED) is 0.700. The molecule has 0 bridgehead atoms. The number of allylic oxidation sites excluding steroid dienone is 1. The molecule has 3 rings (SSSR count). The predicted molar refractivity (Wildman–Crippen MR) is 106 cm³/mol. The number of methoxy groups -OCH3 is 1. The van der Waals surface area contributed by atoms with E-state index in [0.717, 1.165) is 42.6 Å². The van der Waals surface area contributed by atoms with Crippen LogP contribution in [0.4, 0.5) is 0 Å². The van der Waals surface area contributed by atoms with Crippen molar-refractivity contribution in [3.8, 4) is 5.75 Å². The van der Waals surface area contributed by atoms with Gasteiger partial charge >= 0.3 is 0 Å². The first kappa shape index (κ1) is 19.2. The lowest BCUT2D eigenvalue weighted by Crippen LogP contribution is -2.26. The summed E-state index contributed by atoms with van der Waals surface area (Å²) in [5, 5.41) is 12.5. The molecule has 5 nitrogen and oxygen atoms in total. The molecular weight excluding hydrogens is 340 g/mol. The normalized spacial score (nSPS) is 17.6. The summed E-state index contributed by atoms with van der Waals surface area (Å²) in [6.45, 7) is 4.25. The SMILES string of the molecule is CCC1CCc2[nH]c(C(CC)OC)cc2C=C1NC(=O)c1ccc(O)cc1. The molecule has 2 unspecified atom stereocenters. The summed E-state index contributed by atoms with van der Waals surface area (Å²) < 4.78 is 5.55. The third kappa shape index (κ3) is 4.25. The van der Waals surface area contributed by atoms with Crippen LogP contribution < -0.4 is 5.32 Å². The van der Waals surface area contributed by atoms with Gasteiger partial charge in [0.2, 0.25) is 0 Å². The monoisotopic (exact) mass is 368 g/mol. The smallest absolute Gasteiger partial charge is 0.255 e. The summed E-state index contributed by atoms with van der Waals surface area (Å²) in [4.78, 5) is 16.2. The van der Waals surface area contributed by atoms with E-state index in [1.54, 1.807) is 19.2 Å². The summed E-state index contributed by atoms with van der Waals surface area (Å²) in [6, 6.07) is 8.46. The molecule has 2 aromatic rings. The van der Waals surface area contributed by atoms with E-state index in [1.165, 1.54) is 17.8 Å². The molecule has 1 aromatic carbocycles. The maximum Gasteiger partial charge on any atom is 0.255 e. The highest BCUT2D eigenvalue weighted by molar-refractivity contribution is 5.96. The zero-order valence-corrected chi connectivity index (χ0v) is 16.2. The molecule has 0 saturated heterocycles. The molecule has 1 heterocycles. The van der Waals surface area contributed by atoms with E-state index in [2.05, 4.69) is 36.3 Å². The highest BCUT2D eigenvalue weighted by Gasteiger charge is 2.23. The number of rotatable bonds is 6. The lowest BCUT2D eigenvalue weighted by molar-refractivity contribution is 0.0960. The Hall–Kier alpha value is -2.53. The molecule has 1 aromatic heterocycles. The minimum atomic E-state index is -0.151. The van der Waals surface area contributed by atoms with Gasteiger partial charge in [-0.05, 0) is 73.6 Å². The van der Waals surface area contributed by atoms with E-state index in [-0.39, 0.29) is 17.8 Å². The Morgan fingerprint density at radius 1 is 1.33 bits per heavy atom. The number of carbonyl (C=O) groups excluding carboxylic acids is 1. The van der Waals surface area contributed by atoms with E-state index < -0.39 is 0 Å². The van der Waals surface area contributed by atoms with Crippen LogP contribution in [0.1, 0.15) is 66.5 Å². The molecule has 3 N–H and O–H groups in total. The van der Waals surface area contributed by atoms with Crippen LogP contribution in [0.2, 0.25) is 0 Å². The van der Waals surface area contributed by atoms with Gasteiger partial charge in [-0.15, -0.1) is 0 Å². The second-order valence-electron chi connectivity index (χ2n) is 7.04. The first-order valence-corrected chi connectivity index (χ1v) is 9.62. The van der Waals surface area contributed by atoms with Gasteiger partial charge in [-0.1, -0.05) is 13.8 Å². The van der Waals surface area contributed by atoms with Crippen molar-refractivity contribution >= 4 is 12.0 Å². The van der Waals surface area contributed by atoms with Crippen LogP contribution in [0.15, 0.2) is 36.0 Å². The highest BCUT2D eigenvalue weighted by atomic mass is 16.5. The van der Waals surface area contributed by atoms with Gasteiger partial charge in [0, 0.05) is 29.8 Å². The highest BCUT2D eigenvalue weighted by Crippen LogP contribution is 2.31. The van der Waals surface area contributed by atoms with Crippen LogP contribution in [0.3, 0.4) is 0 Å². The molecule has 1 amide bonds. The number of phenolic OH excluding ortho intramolecular Hbond substituents is 1. The van der Waals surface area contributed by atoms with Crippen molar-refractivity contribution in [1.82, 2.24) is 10.3 Å². The van der Waals surface area contributed by atoms with E-state index in [9.17, 15) is 9.90 Å². The van der Waals surface area contributed by atoms with Gasteiger partial charge in [-0.2, -0.15) is 0 Å². The predicted octanol–water partition coefficient (Wildman–Crippen LogP) is 4.56. The van der Waals surface area contributed by atoms with Gasteiger partial charge in [0.25, 0.3) is 5.91 Å². The van der Waals surface area contributed by atoms with E-state index in [4.69, 9.17) is 4.74 Å². The first-order chi connectivity index (χ1) is 13.0. The molecule has 0 saturated carbocycles. The van der Waals surface area contributed by atoms with E-state index >= 15 is 0 Å². The summed E-state index contributed by atoms with van der Waals surface area (Å²) in [7, 11) is 1.73. The number of aromatic hydroxyl groups is 1. The zero-order chi connectivity index (χ0) is 19.4. The Kier molecular flexibility index (Phi) is 6.01. The Bertz CT molecular complexity index is 817. The molecule has 144 valence electrons. The first-order valence-electron chi connectivity index (χ1n) is 9.62. The topological polar surface area (TPSA) is 74.3 Å². The number of hydrogen-bond donors (Lipinski definition) is 3. The summed E-state index contributed by atoms with van der Waals surface area (Å²) in [5.41, 5.74) is 4.89. The average molecular weight is 368 g/mol. The maximum atomic E-state index is 12.7. The molecule has 0 aliphatic heterocycles. The Morgan fingerprint density at radius 3 is 2.70 bits per heavy atom. The molecule has 0 fully saturated rings. The number of fused-ring (bicyclic) bond motifs is 1. The molecule has 0 spiro atoms. The fraction of sp³-hybridized carbons (Fsp3) is 0.409. The van der Waals surface area contributed by atoms with Crippen LogP contribution in [0, 0.1) is 5.92 Å². The van der Waals surface area contributed by atoms with Gasteiger partial charge in [-0.25, -0.2) is 0 Å². The van der Waals surface area contributed by atoms with Crippen LogP contribution in [-0.2, 0) is 11.2 Å². The number of ether oxygens (including phenoxy) is 1. The van der Waals surface area contributed by atoms with Crippen molar-refractivity contribution in [3.05, 3.63) is 58.5 Å². The van der Waals surface area contributed by atoms with Crippen molar-refractivity contribution in [3.63, 3.8) is 0 Å². The lowest BCUT2D eigenvalue weighted by Gasteiger charge is -2.18. The van der Waals surface area contributed by atoms with E-state index in [0.29, 0.717) is 11.5 Å². The maximum absolute atomic E-state index is 12.7. The summed E-state index contributed by atoms with van der Waals surface area (Å²) >= 11 is 0. The van der Waals surface area contributed by atoms with Crippen LogP contribution in [0.25, 0.3) is 6.08 Å². The van der Waals surface area contributed by atoms with Crippen molar-refractivity contribution < 1.29 is 14.6 Å². The van der Waals surface area contributed by atoms with Gasteiger partial charge < -0.3 is 20.1 Å². The van der Waals surface area contributed by atoms with Crippen LogP contribution in [0.5, 0.6) is 5.75 Å². The number of carbonyl (C=O) groups is 1. The third-order valence-electron chi connectivity index (χ3n) is 5.33. The number of amides is 1. The second-order valence-corrected chi connectivity index (χ2v) is 7.04. The van der Waals surface area contributed by atoms with Gasteiger partial charge in [-0.3, -0.25) is 4.79 Å². The molecule has 27 heavy (non-hydrogen) atoms. The summed E-state index contributed by atoms with van der Waals surface area (Å²) in [6.07, 6.45) is 5.95. The minimum absolute atomic E-state index is 0.0577. The minimum Gasteiger partial charge on any atom is -0.508 e. The largest absolute Gasteiger partial charge is 0.508 e. The van der Waals surface area contributed by atoms with Gasteiger partial charge in [0.1, 0.15) is 5.75 Å². The van der Waals surface area contributed by atoms with Crippen molar-refractivity contribution in [2.75, 3.05) is 7.11 Å². The molecule has 5 heteroatoms. The average Bonchev–Trinajstić information content (AvgIpc) is 2.98. The number of aromatic amines is 1.